The summed E-state index contributed by atoms with van der Waals surface area (Å²) in [5.74, 6) is -1.22. The monoisotopic (exact) mass is 353 g/mol. The molecule has 1 N–H and O–H groups in total. The van der Waals surface area contributed by atoms with E-state index in [1.165, 1.54) is 7.11 Å². The predicted octanol–water partition coefficient (Wildman–Crippen LogP) is 1.59. The largest absolute Gasteiger partial charge is 0.760 e. The maximum absolute atomic E-state index is 14.3. The number of halogens is 2. The summed E-state index contributed by atoms with van der Waals surface area (Å²) in [7, 11) is 1.49. The lowest BCUT2D eigenvalue weighted by Crippen LogP contribution is -2.16. The molecule has 0 aliphatic rings. The summed E-state index contributed by atoms with van der Waals surface area (Å²) < 4.78 is 57.8. The van der Waals surface area contributed by atoms with Gasteiger partial charge in [0.15, 0.2) is 11.6 Å². The molecule has 0 aliphatic heterocycles. The molecule has 3 aromatic rings. The molecule has 1 unspecified atom stereocenters. The highest BCUT2D eigenvalue weighted by molar-refractivity contribution is 7.77. The molecule has 0 radical (unpaired) electrons. The quantitative estimate of drug-likeness (QED) is 0.703. The van der Waals surface area contributed by atoms with E-state index in [1.54, 1.807) is 18.2 Å². The fraction of sp³-hybridized carbons (Fsp3) is 0.143. The second kappa shape index (κ2) is 6.59. The molecule has 0 spiro atoms. The number of fused-ring (bicyclic) bond motifs is 1. The number of rotatable bonds is 5. The zero-order chi connectivity index (χ0) is 17.3. The molecule has 2 aromatic carbocycles. The van der Waals surface area contributed by atoms with Crippen LogP contribution in [0.25, 0.3) is 16.7 Å². The van der Waals surface area contributed by atoms with Gasteiger partial charge in [-0.3, -0.25) is 4.21 Å². The van der Waals surface area contributed by atoms with Crippen molar-refractivity contribution in [3.63, 3.8) is 0 Å². The molecule has 24 heavy (non-hydrogen) atoms. The molecule has 0 saturated heterocycles. The third-order valence-corrected chi connectivity index (χ3v) is 3.72. The van der Waals surface area contributed by atoms with Crippen molar-refractivity contribution in [1.82, 2.24) is 19.7 Å². The normalized spacial score (nSPS) is 12.5. The van der Waals surface area contributed by atoms with Crippen LogP contribution in [-0.2, 0) is 17.8 Å². The van der Waals surface area contributed by atoms with Crippen LogP contribution in [0.4, 0.5) is 8.78 Å². The molecule has 0 saturated carbocycles. The van der Waals surface area contributed by atoms with Crippen molar-refractivity contribution in [2.45, 2.75) is 6.54 Å². The van der Waals surface area contributed by atoms with Crippen molar-refractivity contribution in [3.05, 3.63) is 47.5 Å². The van der Waals surface area contributed by atoms with Gasteiger partial charge >= 0.3 is 0 Å². The summed E-state index contributed by atoms with van der Waals surface area (Å²) in [5, 5.41) is 7.66. The Morgan fingerprint density at radius 3 is 2.62 bits per heavy atom. The Hall–Kier alpha value is -2.43. The predicted molar refractivity (Wildman–Crippen MR) is 81.1 cm³/mol. The Morgan fingerprint density at radius 1 is 1.29 bits per heavy atom. The second-order valence-electron chi connectivity index (χ2n) is 4.82. The van der Waals surface area contributed by atoms with Gasteiger partial charge in [0.05, 0.1) is 12.6 Å². The molecule has 0 bridgehead atoms. The van der Waals surface area contributed by atoms with Crippen LogP contribution < -0.4 is 9.46 Å². The van der Waals surface area contributed by atoms with Gasteiger partial charge in [0.2, 0.25) is 0 Å². The summed E-state index contributed by atoms with van der Waals surface area (Å²) in [5.41, 5.74) is 0.569. The topological polar surface area (TPSA) is 92.1 Å². The summed E-state index contributed by atoms with van der Waals surface area (Å²) in [4.78, 5) is 0. The number of benzene rings is 2. The van der Waals surface area contributed by atoms with Gasteiger partial charge in [-0.05, 0) is 29.8 Å². The van der Waals surface area contributed by atoms with Crippen LogP contribution in [0.1, 0.15) is 5.56 Å². The van der Waals surface area contributed by atoms with Gasteiger partial charge in [-0.15, -0.1) is 5.10 Å². The Bertz CT molecular complexity index is 909. The van der Waals surface area contributed by atoms with E-state index < -0.39 is 28.6 Å². The molecule has 1 heterocycles. The Labute approximate surface area is 137 Å². The van der Waals surface area contributed by atoms with Gasteiger partial charge in [0.25, 0.3) is 0 Å². The van der Waals surface area contributed by atoms with Gasteiger partial charge < -0.3 is 9.29 Å². The number of hydrogen-bond donors (Lipinski definition) is 1. The molecule has 10 heteroatoms. The van der Waals surface area contributed by atoms with Gasteiger partial charge in [-0.1, -0.05) is 5.21 Å². The molecule has 0 aliphatic carbocycles. The van der Waals surface area contributed by atoms with Crippen LogP contribution in [0.5, 0.6) is 5.75 Å². The maximum Gasteiger partial charge on any atom is 0.152 e. The smallest absolute Gasteiger partial charge is 0.152 e. The van der Waals surface area contributed by atoms with E-state index in [1.807, 2.05) is 4.72 Å². The molecule has 1 atom stereocenters. The molecule has 7 nitrogen and oxygen atoms in total. The summed E-state index contributed by atoms with van der Waals surface area (Å²) in [6.07, 6.45) is 0. The van der Waals surface area contributed by atoms with Gasteiger partial charge in [0, 0.05) is 23.9 Å². The highest BCUT2D eigenvalue weighted by atomic mass is 32.2. The summed E-state index contributed by atoms with van der Waals surface area (Å²) in [6, 6.07) is 6.88. The first-order valence-corrected chi connectivity index (χ1v) is 7.77. The molecular weight excluding hydrogens is 342 g/mol. The van der Waals surface area contributed by atoms with Crippen molar-refractivity contribution < 1.29 is 22.3 Å². The van der Waals surface area contributed by atoms with Crippen molar-refractivity contribution in [1.29, 1.82) is 0 Å². The zero-order valence-electron chi connectivity index (χ0n) is 12.3. The molecule has 0 amide bonds. The van der Waals surface area contributed by atoms with Gasteiger partial charge in [-0.2, -0.15) is 0 Å². The summed E-state index contributed by atoms with van der Waals surface area (Å²) in [6.45, 7) is -0.223. The average molecular weight is 353 g/mol. The van der Waals surface area contributed by atoms with Crippen molar-refractivity contribution in [2.75, 3.05) is 7.11 Å². The minimum absolute atomic E-state index is 0.143. The number of ether oxygens (including phenoxy) is 1. The summed E-state index contributed by atoms with van der Waals surface area (Å²) >= 11 is -2.52. The standard InChI is InChI=1S/C14H12F2N4O3S/c1-23-9-2-3-13-12(6-9)18-19-20(13)14-10(15)4-8(5-11(14)16)7-17-24(21)22/h2-6,17H,7H2,1H3,(H,21,22)/p-1. The molecule has 0 fully saturated rings. The van der Waals surface area contributed by atoms with Crippen molar-refractivity contribution >= 4 is 22.3 Å². The lowest BCUT2D eigenvalue weighted by molar-refractivity contribution is 0.415. The third kappa shape index (κ3) is 3.11. The van der Waals surface area contributed by atoms with E-state index in [0.717, 1.165) is 16.8 Å². The average Bonchev–Trinajstić information content (AvgIpc) is 2.95. The van der Waals surface area contributed by atoms with E-state index in [-0.39, 0.29) is 12.1 Å². The van der Waals surface area contributed by atoms with Crippen LogP contribution in [-0.4, -0.2) is 30.9 Å². The van der Waals surface area contributed by atoms with Gasteiger partial charge in [0.1, 0.15) is 17.0 Å². The number of nitrogens with zero attached hydrogens (tertiary/aromatic N) is 3. The molecular formula is C14H11F2N4O3S-. The Balaban J connectivity index is 2.05. The van der Waals surface area contributed by atoms with Crippen LogP contribution in [0, 0.1) is 11.6 Å². The van der Waals surface area contributed by atoms with Crippen LogP contribution in [0.15, 0.2) is 30.3 Å². The number of methoxy groups -OCH3 is 1. The lowest BCUT2D eigenvalue weighted by atomic mass is 10.2. The second-order valence-corrected chi connectivity index (χ2v) is 5.58. The SMILES string of the molecule is COc1ccc2c(c1)nnn2-c1c(F)cc(CNS(=O)[O-])cc1F. The molecule has 126 valence electrons. The van der Waals surface area contributed by atoms with E-state index in [0.29, 0.717) is 16.8 Å². The van der Waals surface area contributed by atoms with Crippen molar-refractivity contribution in [3.8, 4) is 11.4 Å². The first-order valence-electron chi connectivity index (χ1n) is 6.70. The van der Waals surface area contributed by atoms with Crippen LogP contribution in [0.2, 0.25) is 0 Å². The minimum atomic E-state index is -2.52. The number of hydrogen-bond acceptors (Lipinski definition) is 5. The van der Waals surface area contributed by atoms with Crippen molar-refractivity contribution in [2.24, 2.45) is 0 Å². The maximum atomic E-state index is 14.3. The zero-order valence-corrected chi connectivity index (χ0v) is 13.1. The minimum Gasteiger partial charge on any atom is -0.760 e. The first-order chi connectivity index (χ1) is 11.5. The van der Waals surface area contributed by atoms with Crippen LogP contribution in [0.3, 0.4) is 0 Å². The Morgan fingerprint density at radius 2 is 2.00 bits per heavy atom. The fourth-order valence-electron chi connectivity index (χ4n) is 2.26. The molecule has 1 aromatic heterocycles. The third-order valence-electron chi connectivity index (χ3n) is 3.34. The number of nitrogens with one attached hydrogen (secondary N) is 1. The van der Waals surface area contributed by atoms with Gasteiger partial charge in [-0.25, -0.2) is 18.2 Å². The number of aromatic nitrogens is 3. The molecule has 3 rings (SSSR count). The fourth-order valence-corrected chi connectivity index (χ4v) is 2.54. The van der Waals surface area contributed by atoms with E-state index in [4.69, 9.17) is 4.74 Å². The highest BCUT2D eigenvalue weighted by Crippen LogP contribution is 2.25. The van der Waals surface area contributed by atoms with E-state index in [9.17, 15) is 17.5 Å². The first kappa shape index (κ1) is 16.4. The van der Waals surface area contributed by atoms with Crippen LogP contribution >= 0.6 is 0 Å². The lowest BCUT2D eigenvalue weighted by Gasteiger charge is -2.10. The van der Waals surface area contributed by atoms with E-state index >= 15 is 0 Å². The Kier molecular flexibility index (Phi) is 4.51. The highest BCUT2D eigenvalue weighted by Gasteiger charge is 2.17. The van der Waals surface area contributed by atoms with E-state index in [2.05, 4.69) is 10.3 Å².